The summed E-state index contributed by atoms with van der Waals surface area (Å²) in [5.41, 5.74) is 2.60. The summed E-state index contributed by atoms with van der Waals surface area (Å²) in [5.74, 6) is -0.804. The van der Waals surface area contributed by atoms with Gasteiger partial charge in [0.25, 0.3) is 0 Å². The van der Waals surface area contributed by atoms with E-state index in [9.17, 15) is 14.7 Å². The molecule has 2 N–H and O–H groups in total. The Morgan fingerprint density at radius 3 is 2.24 bits per heavy atom. The molecule has 5 aromatic rings. The Labute approximate surface area is 193 Å². The van der Waals surface area contributed by atoms with Crippen LogP contribution in [0.4, 0.5) is 11.4 Å². The molecule has 1 aromatic heterocycles. The number of halogens is 1. The third kappa shape index (κ3) is 2.90. The predicted octanol–water partition coefficient (Wildman–Crippen LogP) is 6.27. The molecule has 0 atom stereocenters. The number of nitrogens with zero attached hydrogens (tertiary/aromatic N) is 1. The van der Waals surface area contributed by atoms with Gasteiger partial charge in [0.1, 0.15) is 5.75 Å². The van der Waals surface area contributed by atoms with Crippen molar-refractivity contribution in [3.8, 4) is 5.75 Å². The van der Waals surface area contributed by atoms with Crippen molar-refractivity contribution in [1.29, 1.82) is 0 Å². The van der Waals surface area contributed by atoms with E-state index >= 15 is 0 Å². The summed E-state index contributed by atoms with van der Waals surface area (Å²) < 4.78 is 0. The number of pyridine rings is 1. The quantitative estimate of drug-likeness (QED) is 0.240. The number of benzene rings is 4. The number of hydrogen-bond acceptors (Lipinski definition) is 5. The molecule has 158 valence electrons. The summed E-state index contributed by atoms with van der Waals surface area (Å²) in [5, 5.41) is 16.2. The van der Waals surface area contributed by atoms with Crippen LogP contribution in [0.5, 0.6) is 5.75 Å². The van der Waals surface area contributed by atoms with Gasteiger partial charge in [-0.3, -0.25) is 9.59 Å². The van der Waals surface area contributed by atoms with Gasteiger partial charge in [-0.2, -0.15) is 0 Å². The molecule has 0 unspecified atom stereocenters. The molecule has 1 heterocycles. The minimum atomic E-state index is -0.350. The molecule has 0 bridgehead atoms. The number of para-hydroxylation sites is 1. The molecule has 33 heavy (non-hydrogen) atoms. The standard InChI is InChI=1S/C27H15ClN2O3/c28-15-7-5-8-16(13-15)29-24-22-21(25(31)17-9-2-3-10-18(17)26(22)32)23-19(27(24)33)12-14-6-1-4-11-20(14)30-23/h1-13,29,33H. The number of carbonyl (C=O) groups is 2. The second-order valence-electron chi connectivity index (χ2n) is 7.89. The molecule has 1 aliphatic carbocycles. The van der Waals surface area contributed by atoms with Crippen molar-refractivity contribution in [2.45, 2.75) is 0 Å². The van der Waals surface area contributed by atoms with E-state index in [1.54, 1.807) is 54.6 Å². The fourth-order valence-corrected chi connectivity index (χ4v) is 4.60. The van der Waals surface area contributed by atoms with Gasteiger partial charge in [0.15, 0.2) is 11.6 Å². The third-order valence-electron chi connectivity index (χ3n) is 5.92. The highest BCUT2D eigenvalue weighted by molar-refractivity contribution is 6.35. The maximum absolute atomic E-state index is 13.7. The van der Waals surface area contributed by atoms with Crippen molar-refractivity contribution in [2.75, 3.05) is 5.32 Å². The smallest absolute Gasteiger partial charge is 0.196 e. The maximum Gasteiger partial charge on any atom is 0.196 e. The number of ketones is 2. The van der Waals surface area contributed by atoms with Crippen LogP contribution in [-0.2, 0) is 0 Å². The molecule has 6 rings (SSSR count). The van der Waals surface area contributed by atoms with Gasteiger partial charge in [-0.25, -0.2) is 4.98 Å². The number of aromatic hydroxyl groups is 1. The first-order chi connectivity index (χ1) is 16.0. The average molecular weight is 451 g/mol. The molecule has 0 saturated heterocycles. The Morgan fingerprint density at radius 2 is 1.48 bits per heavy atom. The summed E-state index contributed by atoms with van der Waals surface area (Å²) in [4.78, 5) is 32.0. The summed E-state index contributed by atoms with van der Waals surface area (Å²) >= 11 is 6.14. The monoisotopic (exact) mass is 450 g/mol. The highest BCUT2D eigenvalue weighted by Gasteiger charge is 2.36. The molecule has 0 spiro atoms. The molecule has 4 aromatic carbocycles. The van der Waals surface area contributed by atoms with E-state index in [0.717, 1.165) is 5.39 Å². The molecule has 0 fully saturated rings. The number of hydrogen-bond donors (Lipinski definition) is 2. The molecule has 0 amide bonds. The van der Waals surface area contributed by atoms with Crippen LogP contribution in [-0.4, -0.2) is 21.7 Å². The van der Waals surface area contributed by atoms with Crippen LogP contribution in [0.25, 0.3) is 21.8 Å². The lowest BCUT2D eigenvalue weighted by Crippen LogP contribution is -2.23. The fraction of sp³-hybridized carbons (Fsp3) is 0. The minimum Gasteiger partial charge on any atom is -0.505 e. The Hall–Kier alpha value is -4.22. The number of fused-ring (bicyclic) bond motifs is 5. The minimum absolute atomic E-state index is 0.103. The van der Waals surface area contributed by atoms with Crippen LogP contribution in [0.1, 0.15) is 31.8 Å². The molecule has 0 radical (unpaired) electrons. The van der Waals surface area contributed by atoms with Gasteiger partial charge in [0, 0.05) is 32.6 Å². The number of carbonyl (C=O) groups excluding carboxylic acids is 2. The molecule has 5 nitrogen and oxygen atoms in total. The van der Waals surface area contributed by atoms with Crippen molar-refractivity contribution >= 4 is 56.3 Å². The maximum atomic E-state index is 13.7. The van der Waals surface area contributed by atoms with Gasteiger partial charge < -0.3 is 10.4 Å². The first-order valence-electron chi connectivity index (χ1n) is 10.3. The third-order valence-corrected chi connectivity index (χ3v) is 6.15. The van der Waals surface area contributed by atoms with Gasteiger partial charge in [-0.1, -0.05) is 60.1 Å². The summed E-state index contributed by atoms with van der Waals surface area (Å²) in [6.07, 6.45) is 0. The zero-order valence-electron chi connectivity index (χ0n) is 17.1. The number of aromatic nitrogens is 1. The molecular formula is C27H15ClN2O3. The Kier molecular flexibility index (Phi) is 4.22. The lowest BCUT2D eigenvalue weighted by Gasteiger charge is -2.23. The largest absolute Gasteiger partial charge is 0.505 e. The summed E-state index contributed by atoms with van der Waals surface area (Å²) in [6, 6.07) is 22.9. The Bertz CT molecular complexity index is 1660. The zero-order chi connectivity index (χ0) is 22.7. The number of phenolic OH excluding ortho intramolecular Hbond substituents is 1. The van der Waals surface area contributed by atoms with E-state index in [2.05, 4.69) is 10.3 Å². The van der Waals surface area contributed by atoms with Crippen molar-refractivity contribution in [2.24, 2.45) is 0 Å². The van der Waals surface area contributed by atoms with Crippen LogP contribution >= 0.6 is 11.6 Å². The number of rotatable bonds is 2. The highest BCUT2D eigenvalue weighted by Crippen LogP contribution is 2.45. The van der Waals surface area contributed by atoms with Gasteiger partial charge in [-0.15, -0.1) is 0 Å². The van der Waals surface area contributed by atoms with E-state index < -0.39 is 0 Å². The van der Waals surface area contributed by atoms with Crippen molar-refractivity contribution in [3.05, 3.63) is 106 Å². The van der Waals surface area contributed by atoms with E-state index in [4.69, 9.17) is 11.6 Å². The van der Waals surface area contributed by atoms with Crippen LogP contribution < -0.4 is 5.32 Å². The lowest BCUT2D eigenvalue weighted by atomic mass is 9.81. The first kappa shape index (κ1) is 19.5. The second-order valence-corrected chi connectivity index (χ2v) is 8.33. The van der Waals surface area contributed by atoms with E-state index in [0.29, 0.717) is 38.3 Å². The molecule has 1 aliphatic rings. The number of anilines is 2. The molecule has 0 saturated carbocycles. The number of nitrogens with one attached hydrogen (secondary N) is 1. The van der Waals surface area contributed by atoms with E-state index in [1.807, 2.05) is 24.3 Å². The Balaban J connectivity index is 1.74. The normalized spacial score (nSPS) is 12.6. The summed E-state index contributed by atoms with van der Waals surface area (Å²) in [6.45, 7) is 0. The van der Waals surface area contributed by atoms with E-state index in [-0.39, 0.29) is 34.1 Å². The van der Waals surface area contributed by atoms with Crippen LogP contribution in [0.2, 0.25) is 5.02 Å². The van der Waals surface area contributed by atoms with Crippen molar-refractivity contribution < 1.29 is 14.7 Å². The average Bonchev–Trinajstić information content (AvgIpc) is 2.83. The molecule has 6 heteroatoms. The molecular weight excluding hydrogens is 436 g/mol. The van der Waals surface area contributed by atoms with Crippen LogP contribution in [0, 0.1) is 0 Å². The topological polar surface area (TPSA) is 79.3 Å². The Morgan fingerprint density at radius 1 is 0.788 bits per heavy atom. The van der Waals surface area contributed by atoms with Gasteiger partial charge in [-0.05, 0) is 30.3 Å². The zero-order valence-corrected chi connectivity index (χ0v) is 17.9. The summed E-state index contributed by atoms with van der Waals surface area (Å²) in [7, 11) is 0. The molecule has 0 aliphatic heterocycles. The van der Waals surface area contributed by atoms with Crippen LogP contribution in [0.3, 0.4) is 0 Å². The van der Waals surface area contributed by atoms with Crippen molar-refractivity contribution in [1.82, 2.24) is 4.98 Å². The van der Waals surface area contributed by atoms with Gasteiger partial charge in [0.2, 0.25) is 0 Å². The SMILES string of the molecule is O=C1c2ccccc2C(=O)c2c1c(Nc1cccc(Cl)c1)c(O)c1cc3ccccc3nc21. The lowest BCUT2D eigenvalue weighted by molar-refractivity contribution is 0.0980. The van der Waals surface area contributed by atoms with Crippen molar-refractivity contribution in [3.63, 3.8) is 0 Å². The second kappa shape index (κ2) is 7.15. The van der Waals surface area contributed by atoms with Gasteiger partial charge in [0.05, 0.1) is 27.8 Å². The highest BCUT2D eigenvalue weighted by atomic mass is 35.5. The fourth-order valence-electron chi connectivity index (χ4n) is 4.41. The van der Waals surface area contributed by atoms with Gasteiger partial charge >= 0.3 is 0 Å². The number of phenols is 1. The first-order valence-corrected chi connectivity index (χ1v) is 10.7. The predicted molar refractivity (Wildman–Crippen MR) is 129 cm³/mol. The van der Waals surface area contributed by atoms with E-state index in [1.165, 1.54) is 0 Å². The van der Waals surface area contributed by atoms with Crippen LogP contribution in [0.15, 0.2) is 78.9 Å².